The molecule has 7 nitrogen and oxygen atoms in total. The molecule has 6 atom stereocenters. The van der Waals surface area contributed by atoms with Crippen LogP contribution in [0, 0.1) is 11.8 Å². The summed E-state index contributed by atoms with van der Waals surface area (Å²) in [5, 5.41) is 5.08. The molecule has 0 fully saturated rings. The summed E-state index contributed by atoms with van der Waals surface area (Å²) in [4.78, 5) is 24.0. The molecule has 0 aromatic heterocycles. The van der Waals surface area contributed by atoms with Crippen LogP contribution in [0.3, 0.4) is 0 Å². The molecule has 7 heteroatoms. The predicted molar refractivity (Wildman–Crippen MR) is 108 cm³/mol. The molecule has 1 amide bonds. The Morgan fingerprint density at radius 2 is 1.81 bits per heavy atom. The van der Waals surface area contributed by atoms with Gasteiger partial charge in [-0.25, -0.2) is 5.01 Å². The summed E-state index contributed by atoms with van der Waals surface area (Å²) in [5.41, 5.74) is 3.14. The number of hydrogen-bond donors (Lipinski definition) is 2. The van der Waals surface area contributed by atoms with Gasteiger partial charge in [0.1, 0.15) is 6.29 Å². The van der Waals surface area contributed by atoms with Crippen molar-refractivity contribution in [2.45, 2.75) is 77.7 Å². The predicted octanol–water partition coefficient (Wildman–Crippen LogP) is 2.01. The van der Waals surface area contributed by atoms with E-state index >= 15 is 0 Å². The fourth-order valence-electron chi connectivity index (χ4n) is 3.63. The van der Waals surface area contributed by atoms with E-state index in [-0.39, 0.29) is 42.5 Å². The van der Waals surface area contributed by atoms with Crippen LogP contribution in [0.4, 0.5) is 0 Å². The fourth-order valence-corrected chi connectivity index (χ4v) is 3.63. The highest BCUT2D eigenvalue weighted by Gasteiger charge is 2.33. The third-order valence-corrected chi connectivity index (χ3v) is 5.44. The average molecular weight is 388 g/mol. The Hall–Kier alpha value is -1.02. The summed E-state index contributed by atoms with van der Waals surface area (Å²) in [5.74, 6) is -0.0138. The number of likely N-dealkylation sites (N-methyl/N-ethyl adjacent to an activating group) is 1. The number of nitrogens with one attached hydrogen (secondary N) is 2. The van der Waals surface area contributed by atoms with Crippen molar-refractivity contribution >= 4 is 12.2 Å². The van der Waals surface area contributed by atoms with E-state index in [1.165, 1.54) is 0 Å². The molecule has 0 aliphatic heterocycles. The van der Waals surface area contributed by atoms with Gasteiger partial charge in [0.05, 0.1) is 30.7 Å². The molecular weight excluding hydrogens is 346 g/mol. The summed E-state index contributed by atoms with van der Waals surface area (Å²) < 4.78 is 11.2. The summed E-state index contributed by atoms with van der Waals surface area (Å²) in [6.07, 6.45) is 3.18. The van der Waals surface area contributed by atoms with Gasteiger partial charge in [-0.05, 0) is 19.4 Å². The van der Waals surface area contributed by atoms with Crippen LogP contribution < -0.4 is 10.7 Å². The second-order valence-electron chi connectivity index (χ2n) is 7.35. The van der Waals surface area contributed by atoms with Gasteiger partial charge in [-0.2, -0.15) is 0 Å². The molecule has 0 aromatic rings. The molecule has 0 aromatic carbocycles. The lowest BCUT2D eigenvalue weighted by molar-refractivity contribution is -0.129. The summed E-state index contributed by atoms with van der Waals surface area (Å²) >= 11 is 0. The van der Waals surface area contributed by atoms with Gasteiger partial charge in [0.25, 0.3) is 0 Å². The molecule has 0 bridgehead atoms. The van der Waals surface area contributed by atoms with E-state index in [1.54, 1.807) is 14.2 Å². The molecule has 0 saturated carbocycles. The highest BCUT2D eigenvalue weighted by molar-refractivity contribution is 5.77. The average Bonchev–Trinajstić information content (AvgIpc) is 2.67. The smallest absolute Gasteiger partial charge is 0.222 e. The van der Waals surface area contributed by atoms with Crippen molar-refractivity contribution in [1.82, 2.24) is 15.8 Å². The number of ether oxygens (including phenoxy) is 2. The van der Waals surface area contributed by atoms with Crippen molar-refractivity contribution in [3.63, 3.8) is 0 Å². The van der Waals surface area contributed by atoms with Gasteiger partial charge in [-0.1, -0.05) is 40.5 Å². The molecule has 27 heavy (non-hydrogen) atoms. The maximum Gasteiger partial charge on any atom is 0.222 e. The summed E-state index contributed by atoms with van der Waals surface area (Å²) in [6.45, 7) is 8.16. The third kappa shape index (κ3) is 8.25. The van der Waals surface area contributed by atoms with Crippen molar-refractivity contribution in [2.75, 3.05) is 28.3 Å². The zero-order valence-electron chi connectivity index (χ0n) is 18.5. The molecule has 0 rings (SSSR count). The van der Waals surface area contributed by atoms with Crippen molar-refractivity contribution in [1.29, 1.82) is 0 Å². The zero-order valence-corrected chi connectivity index (χ0v) is 18.5. The number of rotatable bonds is 15. The molecular formula is C20H41N3O4. The highest BCUT2D eigenvalue weighted by Crippen LogP contribution is 2.21. The molecule has 6 unspecified atom stereocenters. The molecule has 0 aliphatic carbocycles. The van der Waals surface area contributed by atoms with Gasteiger partial charge in [-0.15, -0.1) is 0 Å². The Balaban J connectivity index is 5.23. The van der Waals surface area contributed by atoms with Crippen LogP contribution in [0.25, 0.3) is 0 Å². The molecule has 160 valence electrons. The van der Waals surface area contributed by atoms with Crippen LogP contribution in [0.5, 0.6) is 0 Å². The number of carbonyl (C=O) groups excluding carboxylic acids is 2. The molecule has 0 saturated heterocycles. The van der Waals surface area contributed by atoms with Gasteiger partial charge in [0.2, 0.25) is 5.91 Å². The minimum atomic E-state index is -0.335. The molecule has 0 aliphatic rings. The molecule has 0 radical (unpaired) electrons. The highest BCUT2D eigenvalue weighted by atomic mass is 16.5. The first-order valence-corrected chi connectivity index (χ1v) is 10.0. The van der Waals surface area contributed by atoms with Crippen LogP contribution >= 0.6 is 0 Å². The second-order valence-corrected chi connectivity index (χ2v) is 7.35. The van der Waals surface area contributed by atoms with E-state index in [1.807, 2.05) is 26.0 Å². The van der Waals surface area contributed by atoms with Crippen LogP contribution in [-0.4, -0.2) is 69.8 Å². The minimum absolute atomic E-state index is 0.0625. The largest absolute Gasteiger partial charge is 0.379 e. The number of methoxy groups -OCH3 is 2. The van der Waals surface area contributed by atoms with Crippen LogP contribution in [0.15, 0.2) is 0 Å². The number of hydrogen-bond acceptors (Lipinski definition) is 6. The lowest BCUT2D eigenvalue weighted by atomic mass is 9.91. The standard InChI is InChI=1S/C20H41N3O4/c1-9-11-16(20(27-8)15(4)13-24)22-18(25)12-17(26-7)19(14(3)10-2)23(6)21-5/h13-17,19-21H,9-12H2,1-8H3,(H,22,25). The SMILES string of the molecule is CCCC(NC(=O)CC(OC)C(C(C)CC)N(C)NC)C(OC)C(C)C=O. The van der Waals surface area contributed by atoms with Crippen LogP contribution in [-0.2, 0) is 19.1 Å². The van der Waals surface area contributed by atoms with Gasteiger partial charge in [0, 0.05) is 27.2 Å². The van der Waals surface area contributed by atoms with Crippen LogP contribution in [0.2, 0.25) is 0 Å². The zero-order chi connectivity index (χ0) is 21.0. The Labute approximate surface area is 165 Å². The number of aldehydes is 1. The molecule has 2 N–H and O–H groups in total. The third-order valence-electron chi connectivity index (χ3n) is 5.44. The Kier molecular flexibility index (Phi) is 13.5. The van der Waals surface area contributed by atoms with E-state index in [4.69, 9.17) is 9.47 Å². The quantitative estimate of drug-likeness (QED) is 0.330. The number of amides is 1. The van der Waals surface area contributed by atoms with Crippen molar-refractivity contribution in [2.24, 2.45) is 11.8 Å². The number of hydrazine groups is 1. The lowest BCUT2D eigenvalue weighted by Crippen LogP contribution is -2.53. The number of nitrogens with zero attached hydrogens (tertiary/aromatic N) is 1. The Bertz CT molecular complexity index is 412. The van der Waals surface area contributed by atoms with Gasteiger partial charge in [0.15, 0.2) is 0 Å². The first-order valence-electron chi connectivity index (χ1n) is 10.0. The molecule has 0 heterocycles. The first kappa shape index (κ1) is 26.0. The second kappa shape index (κ2) is 14.0. The number of carbonyl (C=O) groups is 2. The lowest BCUT2D eigenvalue weighted by Gasteiger charge is -2.37. The topological polar surface area (TPSA) is 79.9 Å². The maximum absolute atomic E-state index is 12.8. The van der Waals surface area contributed by atoms with E-state index < -0.39 is 0 Å². The maximum atomic E-state index is 12.8. The van der Waals surface area contributed by atoms with E-state index in [0.717, 1.165) is 25.5 Å². The van der Waals surface area contributed by atoms with Crippen LogP contribution in [0.1, 0.15) is 53.4 Å². The van der Waals surface area contributed by atoms with Crippen molar-refractivity contribution in [3.05, 3.63) is 0 Å². The van der Waals surface area contributed by atoms with Crippen molar-refractivity contribution in [3.8, 4) is 0 Å². The minimum Gasteiger partial charge on any atom is -0.379 e. The summed E-state index contributed by atoms with van der Waals surface area (Å²) in [6, 6.07) is -0.137. The van der Waals surface area contributed by atoms with Gasteiger partial charge >= 0.3 is 0 Å². The Morgan fingerprint density at radius 1 is 1.19 bits per heavy atom. The monoisotopic (exact) mass is 387 g/mol. The van der Waals surface area contributed by atoms with E-state index in [0.29, 0.717) is 5.92 Å². The Morgan fingerprint density at radius 3 is 2.22 bits per heavy atom. The van der Waals surface area contributed by atoms with Gasteiger partial charge in [-0.3, -0.25) is 10.2 Å². The first-order chi connectivity index (χ1) is 12.8. The fraction of sp³-hybridized carbons (Fsp3) is 0.900. The van der Waals surface area contributed by atoms with Crippen molar-refractivity contribution < 1.29 is 19.1 Å². The van der Waals surface area contributed by atoms with Gasteiger partial charge < -0.3 is 19.6 Å². The van der Waals surface area contributed by atoms with E-state index in [2.05, 4.69) is 31.5 Å². The normalized spacial score (nSPS) is 18.4. The molecule has 0 spiro atoms. The summed E-state index contributed by atoms with van der Waals surface area (Å²) in [7, 11) is 7.06. The van der Waals surface area contributed by atoms with E-state index in [9.17, 15) is 9.59 Å².